The van der Waals surface area contributed by atoms with Crippen LogP contribution in [0, 0.1) is 0 Å². The minimum absolute atomic E-state index is 0.0498. The van der Waals surface area contributed by atoms with Gasteiger partial charge in [0, 0.05) is 6.42 Å². The van der Waals surface area contributed by atoms with Crippen molar-refractivity contribution in [1.82, 2.24) is 0 Å². The summed E-state index contributed by atoms with van der Waals surface area (Å²) in [5, 5.41) is 10.1. The molecule has 0 heterocycles. The molecule has 112 valence electrons. The van der Waals surface area contributed by atoms with E-state index in [0.29, 0.717) is 0 Å². The van der Waals surface area contributed by atoms with Crippen LogP contribution in [-0.2, 0) is 9.22 Å². The van der Waals surface area contributed by atoms with Crippen molar-refractivity contribution in [1.29, 1.82) is 0 Å². The topological polar surface area (TPSA) is 46.5 Å². The second-order valence-corrected chi connectivity index (χ2v) is 11.5. The molecule has 0 aliphatic carbocycles. The molecule has 0 fully saturated rings. The van der Waals surface area contributed by atoms with Crippen molar-refractivity contribution < 1.29 is 14.3 Å². The Balaban J connectivity index is 2.49. The largest absolute Gasteiger partial charge is 0.410 e. The van der Waals surface area contributed by atoms with E-state index in [1.54, 1.807) is 0 Å². The Morgan fingerprint density at radius 3 is 2.30 bits per heavy atom. The van der Waals surface area contributed by atoms with Gasteiger partial charge in [0.15, 0.2) is 14.1 Å². The molecule has 0 saturated carbocycles. The number of carbonyl (C=O) groups excluding carboxylic acids is 1. The van der Waals surface area contributed by atoms with Crippen LogP contribution >= 0.6 is 0 Å². The lowest BCUT2D eigenvalue weighted by Gasteiger charge is -2.35. The van der Waals surface area contributed by atoms with Gasteiger partial charge in [-0.25, -0.2) is 0 Å². The summed E-state index contributed by atoms with van der Waals surface area (Å²) in [5.41, 5.74) is 0.771. The molecule has 0 saturated heterocycles. The highest BCUT2D eigenvalue weighted by Gasteiger charge is 2.37. The van der Waals surface area contributed by atoms with Crippen LogP contribution in [0.15, 0.2) is 30.3 Å². The maximum Gasteiger partial charge on any atom is 0.192 e. The average molecular weight is 294 g/mol. The van der Waals surface area contributed by atoms with Gasteiger partial charge >= 0.3 is 0 Å². The first-order chi connectivity index (χ1) is 9.13. The number of hydrogen-bond acceptors (Lipinski definition) is 3. The van der Waals surface area contributed by atoms with E-state index in [1.165, 1.54) is 0 Å². The fraction of sp³-hybridized carbons (Fsp3) is 0.562. The van der Waals surface area contributed by atoms with Crippen LogP contribution < -0.4 is 0 Å². The third kappa shape index (κ3) is 4.85. The molecule has 0 spiro atoms. The molecule has 0 radical (unpaired) electrons. The molecule has 1 aromatic carbocycles. The van der Waals surface area contributed by atoms with Gasteiger partial charge in [-0.1, -0.05) is 51.1 Å². The first-order valence-electron chi connectivity index (χ1n) is 7.02. The highest BCUT2D eigenvalue weighted by Crippen LogP contribution is 2.36. The zero-order chi connectivity index (χ0) is 15.4. The molecule has 0 aliphatic rings. The molecule has 1 unspecified atom stereocenters. The van der Waals surface area contributed by atoms with Crippen molar-refractivity contribution in [3.8, 4) is 0 Å². The predicted molar refractivity (Wildman–Crippen MR) is 84.2 cm³/mol. The fourth-order valence-corrected chi connectivity index (χ4v) is 2.50. The Morgan fingerprint density at radius 2 is 1.80 bits per heavy atom. The SMILES string of the molecule is CC(C)(C)[Si](C)(C)OCC(=O)CC(O)c1ccccc1. The molecule has 1 rings (SSSR count). The first kappa shape index (κ1) is 17.1. The van der Waals surface area contributed by atoms with Gasteiger partial charge in [-0.05, 0) is 23.7 Å². The van der Waals surface area contributed by atoms with E-state index < -0.39 is 14.4 Å². The Bertz CT molecular complexity index is 435. The zero-order valence-corrected chi connectivity index (χ0v) is 14.1. The summed E-state index contributed by atoms with van der Waals surface area (Å²) in [6.07, 6.45) is -0.634. The van der Waals surface area contributed by atoms with Gasteiger partial charge in [-0.15, -0.1) is 0 Å². The second-order valence-electron chi connectivity index (χ2n) is 6.72. The number of hydrogen-bond donors (Lipinski definition) is 1. The highest BCUT2D eigenvalue weighted by atomic mass is 28.4. The van der Waals surface area contributed by atoms with Gasteiger partial charge in [0.2, 0.25) is 0 Å². The minimum Gasteiger partial charge on any atom is -0.410 e. The predicted octanol–water partition coefficient (Wildman–Crippen LogP) is 3.70. The van der Waals surface area contributed by atoms with Crippen LogP contribution in [0.2, 0.25) is 18.1 Å². The monoisotopic (exact) mass is 294 g/mol. The number of aliphatic hydroxyl groups excluding tert-OH is 1. The first-order valence-corrected chi connectivity index (χ1v) is 9.93. The van der Waals surface area contributed by atoms with Crippen molar-refractivity contribution in [2.75, 3.05) is 6.61 Å². The zero-order valence-electron chi connectivity index (χ0n) is 13.1. The Labute approximate surface area is 123 Å². The van der Waals surface area contributed by atoms with Gasteiger partial charge in [-0.3, -0.25) is 4.79 Å². The fourth-order valence-electron chi connectivity index (χ4n) is 1.55. The summed E-state index contributed by atoms with van der Waals surface area (Å²) in [5.74, 6) is -0.0498. The number of benzene rings is 1. The van der Waals surface area contributed by atoms with Crippen molar-refractivity contribution in [3.63, 3.8) is 0 Å². The van der Waals surface area contributed by atoms with Crippen LogP contribution in [0.1, 0.15) is 38.9 Å². The van der Waals surface area contributed by atoms with E-state index >= 15 is 0 Å². The van der Waals surface area contributed by atoms with Gasteiger partial charge in [0.1, 0.15) is 0 Å². The van der Waals surface area contributed by atoms with E-state index in [-0.39, 0.29) is 23.8 Å². The Morgan fingerprint density at radius 1 is 1.25 bits per heavy atom. The molecule has 3 nitrogen and oxygen atoms in total. The summed E-state index contributed by atoms with van der Waals surface area (Å²) in [6.45, 7) is 10.8. The molecule has 4 heteroatoms. The van der Waals surface area contributed by atoms with E-state index in [1.807, 2.05) is 30.3 Å². The summed E-state index contributed by atoms with van der Waals surface area (Å²) < 4.78 is 5.87. The van der Waals surface area contributed by atoms with Crippen molar-refractivity contribution >= 4 is 14.1 Å². The van der Waals surface area contributed by atoms with Crippen molar-refractivity contribution in [2.45, 2.75) is 51.4 Å². The van der Waals surface area contributed by atoms with Crippen molar-refractivity contribution in [2.24, 2.45) is 0 Å². The van der Waals surface area contributed by atoms with Crippen LogP contribution in [0.4, 0.5) is 0 Å². The summed E-state index contributed by atoms with van der Waals surface area (Å²) in [7, 11) is -1.90. The number of ketones is 1. The maximum atomic E-state index is 11.9. The Hall–Kier alpha value is -0.973. The highest BCUT2D eigenvalue weighted by molar-refractivity contribution is 6.74. The quantitative estimate of drug-likeness (QED) is 0.814. The molecule has 1 atom stereocenters. The number of Topliss-reactive ketones (excluding diaryl/α,β-unsaturated/α-hetero) is 1. The minimum atomic E-state index is -1.90. The standard InChI is InChI=1S/C16H26O3Si/c1-16(2,3)20(4,5)19-12-14(17)11-15(18)13-9-7-6-8-10-13/h6-10,15,18H,11-12H2,1-5H3. The smallest absolute Gasteiger partial charge is 0.192 e. The average Bonchev–Trinajstić information content (AvgIpc) is 2.36. The van der Waals surface area contributed by atoms with Gasteiger partial charge < -0.3 is 9.53 Å². The third-order valence-electron chi connectivity index (χ3n) is 4.01. The number of rotatable bonds is 6. The molecular formula is C16H26O3Si. The number of aliphatic hydroxyl groups is 1. The van der Waals surface area contributed by atoms with Gasteiger partial charge in [-0.2, -0.15) is 0 Å². The second kappa shape index (κ2) is 6.65. The van der Waals surface area contributed by atoms with Gasteiger partial charge in [0.05, 0.1) is 12.7 Å². The van der Waals surface area contributed by atoms with Crippen LogP contribution in [-0.4, -0.2) is 25.8 Å². The normalized spacial score (nSPS) is 14.1. The molecule has 20 heavy (non-hydrogen) atoms. The molecule has 0 aliphatic heterocycles. The summed E-state index contributed by atoms with van der Waals surface area (Å²) in [6, 6.07) is 9.25. The van der Waals surface area contributed by atoms with Crippen molar-refractivity contribution in [3.05, 3.63) is 35.9 Å². The van der Waals surface area contributed by atoms with Crippen LogP contribution in [0.5, 0.6) is 0 Å². The lowest BCUT2D eigenvalue weighted by atomic mass is 10.1. The lowest BCUT2D eigenvalue weighted by molar-refractivity contribution is -0.123. The van der Waals surface area contributed by atoms with E-state index in [9.17, 15) is 9.90 Å². The van der Waals surface area contributed by atoms with E-state index in [0.717, 1.165) is 5.56 Å². The molecular weight excluding hydrogens is 268 g/mol. The van der Waals surface area contributed by atoms with E-state index in [2.05, 4.69) is 33.9 Å². The van der Waals surface area contributed by atoms with Crippen LogP contribution in [0.25, 0.3) is 0 Å². The molecule has 0 amide bonds. The van der Waals surface area contributed by atoms with E-state index in [4.69, 9.17) is 4.43 Å². The third-order valence-corrected chi connectivity index (χ3v) is 8.48. The maximum absolute atomic E-state index is 11.9. The summed E-state index contributed by atoms with van der Waals surface area (Å²) >= 11 is 0. The van der Waals surface area contributed by atoms with Gasteiger partial charge in [0.25, 0.3) is 0 Å². The molecule has 1 aromatic rings. The lowest BCUT2D eigenvalue weighted by Crippen LogP contribution is -2.42. The Kier molecular flexibility index (Phi) is 5.68. The summed E-state index contributed by atoms with van der Waals surface area (Å²) in [4.78, 5) is 11.9. The van der Waals surface area contributed by atoms with Crippen LogP contribution in [0.3, 0.4) is 0 Å². The molecule has 0 aromatic heterocycles. The molecule has 0 bridgehead atoms. The molecule has 1 N–H and O–H groups in total. The number of carbonyl (C=O) groups is 1.